The van der Waals surface area contributed by atoms with Gasteiger partial charge in [0.25, 0.3) is 5.91 Å². The Morgan fingerprint density at radius 1 is 1.10 bits per heavy atom. The summed E-state index contributed by atoms with van der Waals surface area (Å²) in [5, 5.41) is 4.50. The Labute approximate surface area is 186 Å². The van der Waals surface area contributed by atoms with Crippen molar-refractivity contribution in [3.63, 3.8) is 0 Å². The van der Waals surface area contributed by atoms with E-state index in [-0.39, 0.29) is 16.6 Å². The van der Waals surface area contributed by atoms with Gasteiger partial charge in [-0.05, 0) is 49.6 Å². The first kappa shape index (κ1) is 22.5. The highest BCUT2D eigenvalue weighted by molar-refractivity contribution is 6.33. The minimum Gasteiger partial charge on any atom is -0.451 e. The topological polar surface area (TPSA) is 77.3 Å². The zero-order valence-electron chi connectivity index (χ0n) is 18.1. The van der Waals surface area contributed by atoms with E-state index in [2.05, 4.69) is 17.0 Å². The number of likely N-dealkylation sites (N-methyl/N-ethyl adjacent to an activating group) is 1. The van der Waals surface area contributed by atoms with Gasteiger partial charge in [0.1, 0.15) is 0 Å². The van der Waals surface area contributed by atoms with E-state index in [9.17, 15) is 9.59 Å². The maximum atomic E-state index is 12.5. The highest BCUT2D eigenvalue weighted by Crippen LogP contribution is 2.18. The lowest BCUT2D eigenvalue weighted by molar-refractivity contribution is -0.133. The van der Waals surface area contributed by atoms with Crippen LogP contribution in [0.25, 0.3) is 5.82 Å². The number of carbonyl (C=O) groups excluding carboxylic acids is 2. The number of halogens is 1. The van der Waals surface area contributed by atoms with Crippen LogP contribution in [0.2, 0.25) is 5.02 Å². The molecule has 0 aliphatic heterocycles. The van der Waals surface area contributed by atoms with Gasteiger partial charge < -0.3 is 9.64 Å². The van der Waals surface area contributed by atoms with E-state index in [1.54, 1.807) is 23.9 Å². The second kappa shape index (κ2) is 9.75. The van der Waals surface area contributed by atoms with Gasteiger partial charge >= 0.3 is 5.97 Å². The quantitative estimate of drug-likeness (QED) is 0.520. The SMILES string of the molecule is CCc1ccc(CN(C)C(=O)COC(=O)c2nc(-n3nc(C)cc3C)ccc2Cl)cc1. The van der Waals surface area contributed by atoms with Gasteiger partial charge in [-0.1, -0.05) is 42.8 Å². The molecular weight excluding hydrogens is 416 g/mol. The maximum absolute atomic E-state index is 12.5. The first-order valence-electron chi connectivity index (χ1n) is 9.97. The minimum absolute atomic E-state index is 0.0580. The molecule has 0 N–H and O–H groups in total. The highest BCUT2D eigenvalue weighted by Gasteiger charge is 2.19. The van der Waals surface area contributed by atoms with Crippen LogP contribution in [0, 0.1) is 13.8 Å². The van der Waals surface area contributed by atoms with Crippen LogP contribution in [0.1, 0.15) is 39.9 Å². The van der Waals surface area contributed by atoms with Crippen LogP contribution in [0.3, 0.4) is 0 Å². The Balaban J connectivity index is 1.63. The van der Waals surface area contributed by atoms with Crippen LogP contribution < -0.4 is 0 Å². The summed E-state index contributed by atoms with van der Waals surface area (Å²) >= 11 is 6.15. The van der Waals surface area contributed by atoms with Crippen LogP contribution >= 0.6 is 11.6 Å². The third-order valence-corrected chi connectivity index (χ3v) is 5.16. The van der Waals surface area contributed by atoms with E-state index in [0.29, 0.717) is 12.4 Å². The average Bonchev–Trinajstić information content (AvgIpc) is 3.10. The molecule has 0 saturated carbocycles. The van der Waals surface area contributed by atoms with Gasteiger partial charge in [-0.2, -0.15) is 5.10 Å². The summed E-state index contributed by atoms with van der Waals surface area (Å²) in [6.45, 7) is 5.87. The van der Waals surface area contributed by atoms with Gasteiger partial charge in [0.05, 0.1) is 10.7 Å². The summed E-state index contributed by atoms with van der Waals surface area (Å²) in [5.74, 6) is -0.637. The Morgan fingerprint density at radius 3 is 2.39 bits per heavy atom. The molecule has 1 aromatic carbocycles. The summed E-state index contributed by atoms with van der Waals surface area (Å²) in [7, 11) is 1.67. The smallest absolute Gasteiger partial charge is 0.359 e. The lowest BCUT2D eigenvalue weighted by atomic mass is 10.1. The fraction of sp³-hybridized carbons (Fsp3) is 0.304. The second-order valence-electron chi connectivity index (χ2n) is 7.33. The van der Waals surface area contributed by atoms with Crippen LogP contribution in [0.4, 0.5) is 0 Å². The minimum atomic E-state index is -0.762. The molecule has 3 aromatic rings. The van der Waals surface area contributed by atoms with Crippen molar-refractivity contribution in [3.05, 3.63) is 75.7 Å². The third kappa shape index (κ3) is 5.49. The highest BCUT2D eigenvalue weighted by atomic mass is 35.5. The summed E-state index contributed by atoms with van der Waals surface area (Å²) in [6, 6.07) is 13.2. The van der Waals surface area contributed by atoms with Crippen LogP contribution in [-0.2, 0) is 22.5 Å². The molecule has 162 valence electrons. The molecule has 3 rings (SSSR count). The average molecular weight is 441 g/mol. The predicted octanol–water partition coefficient (Wildman–Crippen LogP) is 3.92. The summed E-state index contributed by atoms with van der Waals surface area (Å²) < 4.78 is 6.80. The fourth-order valence-electron chi connectivity index (χ4n) is 3.10. The van der Waals surface area contributed by atoms with Gasteiger partial charge in [0.15, 0.2) is 18.1 Å². The van der Waals surface area contributed by atoms with Crippen molar-refractivity contribution in [3.8, 4) is 5.82 Å². The van der Waals surface area contributed by atoms with Crippen molar-refractivity contribution < 1.29 is 14.3 Å². The molecule has 0 bridgehead atoms. The fourth-order valence-corrected chi connectivity index (χ4v) is 3.28. The number of aryl methyl sites for hydroxylation is 3. The lowest BCUT2D eigenvalue weighted by Crippen LogP contribution is -2.31. The van der Waals surface area contributed by atoms with Crippen LogP contribution in [0.5, 0.6) is 0 Å². The first-order chi connectivity index (χ1) is 14.8. The number of carbonyl (C=O) groups is 2. The van der Waals surface area contributed by atoms with Crippen molar-refractivity contribution in [2.45, 2.75) is 33.7 Å². The van der Waals surface area contributed by atoms with Crippen LogP contribution in [-0.4, -0.2) is 45.2 Å². The number of amides is 1. The number of ether oxygens (including phenoxy) is 1. The molecule has 0 radical (unpaired) electrons. The molecule has 8 heteroatoms. The Bertz CT molecular complexity index is 1090. The molecule has 0 aliphatic rings. The molecule has 0 fully saturated rings. The van der Waals surface area contributed by atoms with E-state index in [4.69, 9.17) is 16.3 Å². The van der Waals surface area contributed by atoms with E-state index in [1.807, 2.05) is 44.2 Å². The van der Waals surface area contributed by atoms with Gasteiger partial charge in [-0.25, -0.2) is 14.5 Å². The Morgan fingerprint density at radius 2 is 1.77 bits per heavy atom. The van der Waals surface area contributed by atoms with E-state index < -0.39 is 12.6 Å². The monoisotopic (exact) mass is 440 g/mol. The Hall–Kier alpha value is -3.19. The molecular formula is C23H25ClN4O3. The van der Waals surface area contributed by atoms with E-state index in [1.165, 1.54) is 10.5 Å². The molecule has 0 spiro atoms. The maximum Gasteiger partial charge on any atom is 0.359 e. The van der Waals surface area contributed by atoms with Crippen LogP contribution in [0.15, 0.2) is 42.5 Å². The number of aromatic nitrogens is 3. The number of benzene rings is 1. The standard InChI is InChI=1S/C23H25ClN4O3/c1-5-17-6-8-18(9-7-17)13-27(4)21(29)14-31-23(30)22-19(24)10-11-20(25-22)28-16(3)12-15(2)26-28/h6-12H,5,13-14H2,1-4H3. The van der Waals surface area contributed by atoms with E-state index >= 15 is 0 Å². The molecule has 0 aliphatic carbocycles. The number of rotatable bonds is 7. The molecule has 0 saturated heterocycles. The number of nitrogens with zero attached hydrogens (tertiary/aromatic N) is 4. The number of pyridine rings is 1. The molecule has 7 nitrogen and oxygen atoms in total. The molecule has 31 heavy (non-hydrogen) atoms. The zero-order chi connectivity index (χ0) is 22.5. The zero-order valence-corrected chi connectivity index (χ0v) is 18.8. The van der Waals surface area contributed by atoms with Gasteiger partial charge in [0.2, 0.25) is 0 Å². The number of hydrogen-bond acceptors (Lipinski definition) is 5. The summed E-state index contributed by atoms with van der Waals surface area (Å²) in [5.41, 5.74) is 3.88. The van der Waals surface area contributed by atoms with Crippen molar-refractivity contribution in [2.75, 3.05) is 13.7 Å². The van der Waals surface area contributed by atoms with Crippen molar-refractivity contribution in [1.82, 2.24) is 19.7 Å². The molecule has 0 unspecified atom stereocenters. The third-order valence-electron chi connectivity index (χ3n) is 4.85. The van der Waals surface area contributed by atoms with Crippen molar-refractivity contribution in [2.24, 2.45) is 0 Å². The molecule has 2 heterocycles. The second-order valence-corrected chi connectivity index (χ2v) is 7.74. The number of hydrogen-bond donors (Lipinski definition) is 0. The largest absolute Gasteiger partial charge is 0.451 e. The predicted molar refractivity (Wildman–Crippen MR) is 118 cm³/mol. The lowest BCUT2D eigenvalue weighted by Gasteiger charge is -2.17. The van der Waals surface area contributed by atoms with E-state index in [0.717, 1.165) is 23.4 Å². The normalized spacial score (nSPS) is 10.7. The first-order valence-corrected chi connectivity index (χ1v) is 10.4. The molecule has 2 aromatic heterocycles. The molecule has 0 atom stereocenters. The van der Waals surface area contributed by atoms with Gasteiger partial charge in [0, 0.05) is 19.3 Å². The van der Waals surface area contributed by atoms with Crippen molar-refractivity contribution in [1.29, 1.82) is 0 Å². The summed E-state index contributed by atoms with van der Waals surface area (Å²) in [4.78, 5) is 30.7. The van der Waals surface area contributed by atoms with Crippen molar-refractivity contribution >= 4 is 23.5 Å². The number of esters is 1. The Kier molecular flexibility index (Phi) is 7.07. The molecule has 1 amide bonds. The van der Waals surface area contributed by atoms with Gasteiger partial charge in [-0.15, -0.1) is 0 Å². The summed E-state index contributed by atoms with van der Waals surface area (Å²) in [6.07, 6.45) is 0.961. The van der Waals surface area contributed by atoms with Gasteiger partial charge in [-0.3, -0.25) is 4.79 Å².